The Hall–Kier alpha value is -2.32. The fourth-order valence-corrected chi connectivity index (χ4v) is 1.65. The Morgan fingerprint density at radius 3 is 2.80 bits per heavy atom. The van der Waals surface area contributed by atoms with Crippen LogP contribution in [0.25, 0.3) is 0 Å². The van der Waals surface area contributed by atoms with Gasteiger partial charge in [0.15, 0.2) is 0 Å². The zero-order chi connectivity index (χ0) is 15.0. The zero-order valence-corrected chi connectivity index (χ0v) is 11.7. The van der Waals surface area contributed by atoms with Gasteiger partial charge in [0.05, 0.1) is 0 Å². The van der Waals surface area contributed by atoms with Crippen LogP contribution in [0.2, 0.25) is 0 Å². The lowest BCUT2D eigenvalue weighted by atomic mass is 10.1. The Bertz CT molecular complexity index is 545. The molecule has 1 aromatic carbocycles. The minimum atomic E-state index is -0.448. The molecule has 0 aliphatic heterocycles. The monoisotopic (exact) mass is 273 g/mol. The quantitative estimate of drug-likeness (QED) is 0.418. The van der Waals surface area contributed by atoms with Crippen molar-refractivity contribution in [1.82, 2.24) is 5.32 Å². The summed E-state index contributed by atoms with van der Waals surface area (Å²) in [5.74, 6) is -0.448. The molecule has 0 fully saturated rings. The number of aryl methyl sites for hydroxylation is 2. The molecule has 0 spiro atoms. The van der Waals surface area contributed by atoms with Crippen molar-refractivity contribution in [2.24, 2.45) is 0 Å². The standard InChI is InChI=1S/C15H19N3O2/c1-11-4-5-14(12(2)8-11)18-15(20)13(9-16)10-17-6-3-7-19/h4-5,8,10,17,19H,3,6-7H2,1-2H3,(H,18,20)/b13-10-. The first kappa shape index (κ1) is 15.7. The van der Waals surface area contributed by atoms with Crippen molar-refractivity contribution in [3.63, 3.8) is 0 Å². The average Bonchev–Trinajstić information content (AvgIpc) is 2.42. The molecule has 0 unspecified atom stereocenters. The van der Waals surface area contributed by atoms with Crippen LogP contribution < -0.4 is 10.6 Å². The van der Waals surface area contributed by atoms with Crippen LogP contribution >= 0.6 is 0 Å². The van der Waals surface area contributed by atoms with E-state index < -0.39 is 5.91 Å². The van der Waals surface area contributed by atoms with Crippen molar-refractivity contribution in [2.75, 3.05) is 18.5 Å². The topological polar surface area (TPSA) is 85.2 Å². The SMILES string of the molecule is Cc1ccc(NC(=O)/C(C#N)=C\NCCCO)c(C)c1. The van der Waals surface area contributed by atoms with E-state index in [-0.39, 0.29) is 12.2 Å². The fraction of sp³-hybridized carbons (Fsp3) is 0.333. The normalized spacial score (nSPS) is 10.8. The van der Waals surface area contributed by atoms with E-state index in [4.69, 9.17) is 10.4 Å². The van der Waals surface area contributed by atoms with E-state index in [0.717, 1.165) is 11.1 Å². The highest BCUT2D eigenvalue weighted by atomic mass is 16.3. The number of amides is 1. The van der Waals surface area contributed by atoms with Crippen LogP contribution in [0.1, 0.15) is 17.5 Å². The van der Waals surface area contributed by atoms with Gasteiger partial charge in [-0.25, -0.2) is 0 Å². The van der Waals surface area contributed by atoms with Gasteiger partial charge in [-0.2, -0.15) is 5.26 Å². The van der Waals surface area contributed by atoms with Gasteiger partial charge in [-0.1, -0.05) is 17.7 Å². The molecule has 20 heavy (non-hydrogen) atoms. The van der Waals surface area contributed by atoms with Crippen LogP contribution in [0.4, 0.5) is 5.69 Å². The largest absolute Gasteiger partial charge is 0.396 e. The van der Waals surface area contributed by atoms with Gasteiger partial charge in [0.25, 0.3) is 5.91 Å². The molecule has 1 amide bonds. The van der Waals surface area contributed by atoms with Crippen LogP contribution in [0.5, 0.6) is 0 Å². The predicted molar refractivity (Wildman–Crippen MR) is 77.9 cm³/mol. The van der Waals surface area contributed by atoms with Crippen molar-refractivity contribution in [1.29, 1.82) is 5.26 Å². The van der Waals surface area contributed by atoms with Crippen LogP contribution in [0.15, 0.2) is 30.0 Å². The second kappa shape index (κ2) is 7.97. The molecule has 0 radical (unpaired) electrons. The average molecular weight is 273 g/mol. The van der Waals surface area contributed by atoms with Crippen molar-refractivity contribution in [2.45, 2.75) is 20.3 Å². The Labute approximate surface area is 118 Å². The molecule has 0 saturated carbocycles. The van der Waals surface area contributed by atoms with Crippen LogP contribution in [0, 0.1) is 25.2 Å². The Kier molecular flexibility index (Phi) is 6.27. The van der Waals surface area contributed by atoms with Crippen molar-refractivity contribution in [3.05, 3.63) is 41.1 Å². The van der Waals surface area contributed by atoms with Gasteiger partial charge >= 0.3 is 0 Å². The molecular weight excluding hydrogens is 254 g/mol. The Morgan fingerprint density at radius 2 is 2.20 bits per heavy atom. The molecule has 0 aliphatic rings. The maximum absolute atomic E-state index is 12.0. The number of nitrogens with zero attached hydrogens (tertiary/aromatic N) is 1. The molecule has 0 saturated heterocycles. The molecule has 0 atom stereocenters. The van der Waals surface area contributed by atoms with Crippen LogP contribution in [0.3, 0.4) is 0 Å². The first-order valence-corrected chi connectivity index (χ1v) is 6.41. The van der Waals surface area contributed by atoms with E-state index in [1.807, 2.05) is 38.1 Å². The summed E-state index contributed by atoms with van der Waals surface area (Å²) in [6.45, 7) is 4.46. The van der Waals surface area contributed by atoms with Crippen molar-refractivity contribution >= 4 is 11.6 Å². The number of carbonyl (C=O) groups is 1. The summed E-state index contributed by atoms with van der Waals surface area (Å²) in [5, 5.41) is 23.1. The van der Waals surface area contributed by atoms with E-state index in [1.54, 1.807) is 0 Å². The summed E-state index contributed by atoms with van der Waals surface area (Å²) in [6.07, 6.45) is 1.93. The molecule has 5 heteroatoms. The minimum Gasteiger partial charge on any atom is -0.396 e. The van der Waals surface area contributed by atoms with Crippen LogP contribution in [-0.2, 0) is 4.79 Å². The Balaban J connectivity index is 2.70. The molecule has 106 valence electrons. The maximum Gasteiger partial charge on any atom is 0.267 e. The van der Waals surface area contributed by atoms with Crippen molar-refractivity contribution < 1.29 is 9.90 Å². The lowest BCUT2D eigenvalue weighted by Crippen LogP contribution is -2.18. The smallest absolute Gasteiger partial charge is 0.267 e. The molecule has 3 N–H and O–H groups in total. The molecule has 5 nitrogen and oxygen atoms in total. The van der Waals surface area contributed by atoms with E-state index >= 15 is 0 Å². The Morgan fingerprint density at radius 1 is 1.45 bits per heavy atom. The number of rotatable bonds is 6. The first-order chi connectivity index (χ1) is 9.58. The van der Waals surface area contributed by atoms with Gasteiger partial charge in [0, 0.05) is 25.0 Å². The second-order valence-corrected chi connectivity index (χ2v) is 4.47. The molecule has 0 heterocycles. The minimum absolute atomic E-state index is 0.00270. The first-order valence-electron chi connectivity index (χ1n) is 6.41. The van der Waals surface area contributed by atoms with Gasteiger partial charge < -0.3 is 15.7 Å². The van der Waals surface area contributed by atoms with Gasteiger partial charge in [0.2, 0.25) is 0 Å². The number of aliphatic hydroxyl groups is 1. The highest BCUT2D eigenvalue weighted by Crippen LogP contribution is 2.16. The summed E-state index contributed by atoms with van der Waals surface area (Å²) in [6, 6.07) is 7.53. The van der Waals surface area contributed by atoms with Gasteiger partial charge in [-0.05, 0) is 31.9 Å². The van der Waals surface area contributed by atoms with E-state index in [1.165, 1.54) is 6.20 Å². The van der Waals surface area contributed by atoms with E-state index in [0.29, 0.717) is 18.7 Å². The highest BCUT2D eigenvalue weighted by molar-refractivity contribution is 6.06. The van der Waals surface area contributed by atoms with Gasteiger partial charge in [-0.3, -0.25) is 4.79 Å². The van der Waals surface area contributed by atoms with E-state index in [9.17, 15) is 4.79 Å². The fourth-order valence-electron chi connectivity index (χ4n) is 1.65. The second-order valence-electron chi connectivity index (χ2n) is 4.47. The summed E-state index contributed by atoms with van der Waals surface area (Å²) in [7, 11) is 0. The molecular formula is C15H19N3O2. The number of anilines is 1. The lowest BCUT2D eigenvalue weighted by molar-refractivity contribution is -0.112. The zero-order valence-electron chi connectivity index (χ0n) is 11.7. The number of hydrogen-bond donors (Lipinski definition) is 3. The van der Waals surface area contributed by atoms with Gasteiger partial charge in [-0.15, -0.1) is 0 Å². The third kappa shape index (κ3) is 4.75. The van der Waals surface area contributed by atoms with Crippen LogP contribution in [-0.4, -0.2) is 24.2 Å². The molecule has 0 aliphatic carbocycles. The van der Waals surface area contributed by atoms with E-state index in [2.05, 4.69) is 10.6 Å². The molecule has 1 aromatic rings. The molecule has 0 aromatic heterocycles. The number of carbonyl (C=O) groups excluding carboxylic acids is 1. The lowest BCUT2D eigenvalue weighted by Gasteiger charge is -2.08. The number of nitrogens with one attached hydrogen (secondary N) is 2. The summed E-state index contributed by atoms with van der Waals surface area (Å²) in [4.78, 5) is 12.0. The number of aliphatic hydroxyl groups excluding tert-OH is 1. The predicted octanol–water partition coefficient (Wildman–Crippen LogP) is 1.62. The summed E-state index contributed by atoms with van der Waals surface area (Å²) < 4.78 is 0. The number of hydrogen-bond acceptors (Lipinski definition) is 4. The highest BCUT2D eigenvalue weighted by Gasteiger charge is 2.10. The number of benzene rings is 1. The molecule has 1 rings (SSSR count). The summed E-state index contributed by atoms with van der Waals surface area (Å²) in [5.41, 5.74) is 2.76. The third-order valence-electron chi connectivity index (χ3n) is 2.72. The summed E-state index contributed by atoms with van der Waals surface area (Å²) >= 11 is 0. The molecule has 0 bridgehead atoms. The number of nitriles is 1. The maximum atomic E-state index is 12.0. The van der Waals surface area contributed by atoms with Gasteiger partial charge in [0.1, 0.15) is 11.6 Å². The van der Waals surface area contributed by atoms with Crippen molar-refractivity contribution in [3.8, 4) is 6.07 Å². The third-order valence-corrected chi connectivity index (χ3v) is 2.72.